The van der Waals surface area contributed by atoms with Crippen LogP contribution in [0.1, 0.15) is 20.3 Å². The smallest absolute Gasteiger partial charge is 0.365 e. The van der Waals surface area contributed by atoms with E-state index in [0.29, 0.717) is 0 Å². The zero-order chi connectivity index (χ0) is 11.4. The molecule has 1 rings (SSSR count). The fraction of sp³-hybridized carbons (Fsp3) is 0.222. The van der Waals surface area contributed by atoms with Crippen LogP contribution in [-0.2, 0) is 0 Å². The van der Waals surface area contributed by atoms with Crippen LogP contribution in [0.4, 0.5) is 0 Å². The third kappa shape index (κ3) is 2.54. The number of nitrogens with zero attached hydrogens (tertiary/aromatic N) is 2. The Kier molecular flexibility index (Phi) is 3.42. The SMILES string of the molecule is C#CCN(C)C(=O)c1csc(C(=O)O)n1. The lowest BCUT2D eigenvalue weighted by Gasteiger charge is -2.11. The molecule has 15 heavy (non-hydrogen) atoms. The maximum absolute atomic E-state index is 11.6. The van der Waals surface area contributed by atoms with Gasteiger partial charge < -0.3 is 10.0 Å². The van der Waals surface area contributed by atoms with Gasteiger partial charge in [0.1, 0.15) is 5.69 Å². The largest absolute Gasteiger partial charge is 0.476 e. The van der Waals surface area contributed by atoms with Gasteiger partial charge >= 0.3 is 5.97 Å². The van der Waals surface area contributed by atoms with E-state index in [0.717, 1.165) is 11.3 Å². The fourth-order valence-electron chi connectivity index (χ4n) is 0.874. The van der Waals surface area contributed by atoms with E-state index in [1.165, 1.54) is 17.3 Å². The normalized spacial score (nSPS) is 9.33. The number of carbonyl (C=O) groups excluding carboxylic acids is 1. The predicted molar refractivity (Wildman–Crippen MR) is 54.9 cm³/mol. The van der Waals surface area contributed by atoms with Crippen molar-refractivity contribution < 1.29 is 14.7 Å². The summed E-state index contributed by atoms with van der Waals surface area (Å²) in [6, 6.07) is 0. The highest BCUT2D eigenvalue weighted by atomic mass is 32.1. The van der Waals surface area contributed by atoms with E-state index in [1.807, 2.05) is 0 Å². The Morgan fingerprint density at radius 3 is 2.87 bits per heavy atom. The van der Waals surface area contributed by atoms with E-state index in [2.05, 4.69) is 10.9 Å². The van der Waals surface area contributed by atoms with Gasteiger partial charge in [0, 0.05) is 12.4 Å². The maximum Gasteiger partial charge on any atom is 0.365 e. The first kappa shape index (κ1) is 11.2. The van der Waals surface area contributed by atoms with Crippen LogP contribution in [0.2, 0.25) is 0 Å². The first-order valence-electron chi connectivity index (χ1n) is 3.94. The lowest BCUT2D eigenvalue weighted by molar-refractivity contribution is 0.0696. The molecule has 0 unspecified atom stereocenters. The third-order valence-electron chi connectivity index (χ3n) is 1.58. The highest BCUT2D eigenvalue weighted by Gasteiger charge is 2.17. The summed E-state index contributed by atoms with van der Waals surface area (Å²) in [6.07, 6.45) is 5.04. The van der Waals surface area contributed by atoms with Gasteiger partial charge in [0.2, 0.25) is 5.01 Å². The minimum absolute atomic E-state index is 0.104. The van der Waals surface area contributed by atoms with Crippen LogP contribution in [0.5, 0.6) is 0 Å². The zero-order valence-electron chi connectivity index (χ0n) is 7.93. The Bertz CT molecular complexity index is 433. The van der Waals surface area contributed by atoms with Crippen LogP contribution in [0.3, 0.4) is 0 Å². The monoisotopic (exact) mass is 224 g/mol. The molecule has 1 amide bonds. The van der Waals surface area contributed by atoms with E-state index in [9.17, 15) is 9.59 Å². The number of carboxylic acid groups (broad SMARTS) is 1. The van der Waals surface area contributed by atoms with Crippen molar-refractivity contribution >= 4 is 23.2 Å². The van der Waals surface area contributed by atoms with Gasteiger partial charge in [-0.2, -0.15) is 0 Å². The molecule has 0 aromatic carbocycles. The average Bonchev–Trinajstić information content (AvgIpc) is 2.65. The van der Waals surface area contributed by atoms with Crippen molar-refractivity contribution in [3.63, 3.8) is 0 Å². The van der Waals surface area contributed by atoms with Crippen molar-refractivity contribution in [3.05, 3.63) is 16.1 Å². The number of aromatic nitrogens is 1. The third-order valence-corrected chi connectivity index (χ3v) is 2.41. The molecule has 1 aromatic heterocycles. The first-order valence-corrected chi connectivity index (χ1v) is 4.82. The van der Waals surface area contributed by atoms with E-state index in [1.54, 1.807) is 0 Å². The standard InChI is InChI=1S/C9H8N2O3S/c1-3-4-11(2)8(12)6-5-15-7(10-6)9(13)14/h1,5H,4H2,2H3,(H,13,14). The summed E-state index contributed by atoms with van der Waals surface area (Å²) in [7, 11) is 1.53. The minimum atomic E-state index is -1.14. The van der Waals surface area contributed by atoms with Crippen molar-refractivity contribution in [2.24, 2.45) is 0 Å². The summed E-state index contributed by atoms with van der Waals surface area (Å²) < 4.78 is 0. The van der Waals surface area contributed by atoms with E-state index in [-0.39, 0.29) is 23.2 Å². The molecule has 0 atom stereocenters. The fourth-order valence-corrected chi connectivity index (χ4v) is 1.50. The number of carbonyl (C=O) groups is 2. The van der Waals surface area contributed by atoms with Crippen LogP contribution in [0, 0.1) is 12.3 Å². The quantitative estimate of drug-likeness (QED) is 0.761. The van der Waals surface area contributed by atoms with Crippen LogP contribution in [0.25, 0.3) is 0 Å². The first-order chi connectivity index (χ1) is 7.06. The molecule has 0 spiro atoms. The molecular weight excluding hydrogens is 216 g/mol. The number of carboxylic acids is 1. The predicted octanol–water partition coefficient (Wildman–Crippen LogP) is 0.547. The second-order valence-electron chi connectivity index (χ2n) is 2.71. The van der Waals surface area contributed by atoms with E-state index < -0.39 is 5.97 Å². The van der Waals surface area contributed by atoms with Gasteiger partial charge in [-0.15, -0.1) is 17.8 Å². The van der Waals surface area contributed by atoms with Crippen molar-refractivity contribution in [3.8, 4) is 12.3 Å². The molecule has 0 radical (unpaired) electrons. The summed E-state index contributed by atoms with van der Waals surface area (Å²) in [4.78, 5) is 27.0. The molecule has 0 aliphatic carbocycles. The Hall–Kier alpha value is -1.87. The van der Waals surface area contributed by atoms with Gasteiger partial charge in [-0.05, 0) is 0 Å². The van der Waals surface area contributed by atoms with Crippen LogP contribution < -0.4 is 0 Å². The number of thiazole rings is 1. The summed E-state index contributed by atoms with van der Waals surface area (Å²) >= 11 is 0.912. The molecule has 0 aliphatic rings. The Morgan fingerprint density at radius 1 is 1.73 bits per heavy atom. The molecule has 1 N–H and O–H groups in total. The number of hydrogen-bond donors (Lipinski definition) is 1. The molecule has 0 bridgehead atoms. The number of rotatable bonds is 3. The van der Waals surface area contributed by atoms with Gasteiger partial charge in [0.15, 0.2) is 0 Å². The maximum atomic E-state index is 11.6. The van der Waals surface area contributed by atoms with Gasteiger partial charge in [-0.1, -0.05) is 5.92 Å². The Balaban J connectivity index is 2.84. The molecule has 0 fully saturated rings. The molecule has 1 aromatic rings. The molecule has 6 heteroatoms. The zero-order valence-corrected chi connectivity index (χ0v) is 8.74. The molecule has 0 aliphatic heterocycles. The topological polar surface area (TPSA) is 70.5 Å². The Labute approximate surface area is 90.4 Å². The summed E-state index contributed by atoms with van der Waals surface area (Å²) in [6.45, 7) is 0.165. The van der Waals surface area contributed by atoms with Crippen molar-refractivity contribution in [1.82, 2.24) is 9.88 Å². The highest BCUT2D eigenvalue weighted by Crippen LogP contribution is 2.11. The highest BCUT2D eigenvalue weighted by molar-refractivity contribution is 7.11. The van der Waals surface area contributed by atoms with Crippen molar-refractivity contribution in [2.45, 2.75) is 0 Å². The lowest BCUT2D eigenvalue weighted by Crippen LogP contribution is -2.27. The molecule has 0 saturated heterocycles. The van der Waals surface area contributed by atoms with E-state index >= 15 is 0 Å². The number of aromatic carboxylic acids is 1. The van der Waals surface area contributed by atoms with Gasteiger partial charge in [-0.25, -0.2) is 9.78 Å². The molecular formula is C9H8N2O3S. The van der Waals surface area contributed by atoms with Crippen molar-refractivity contribution in [2.75, 3.05) is 13.6 Å². The number of terminal acetylenes is 1. The minimum Gasteiger partial charge on any atom is -0.476 e. The second kappa shape index (κ2) is 4.57. The van der Waals surface area contributed by atoms with Gasteiger partial charge in [-0.3, -0.25) is 4.79 Å². The molecule has 1 heterocycles. The summed E-state index contributed by atoms with van der Waals surface area (Å²) in [5, 5.41) is 9.91. The lowest BCUT2D eigenvalue weighted by atomic mass is 10.4. The van der Waals surface area contributed by atoms with Crippen LogP contribution in [-0.4, -0.2) is 40.5 Å². The number of hydrogen-bond acceptors (Lipinski definition) is 4. The second-order valence-corrected chi connectivity index (χ2v) is 3.57. The summed E-state index contributed by atoms with van der Waals surface area (Å²) in [5.74, 6) is 0.794. The number of amides is 1. The molecule has 78 valence electrons. The molecule has 0 saturated carbocycles. The van der Waals surface area contributed by atoms with Crippen molar-refractivity contribution in [1.29, 1.82) is 0 Å². The van der Waals surface area contributed by atoms with Gasteiger partial charge in [0.05, 0.1) is 6.54 Å². The van der Waals surface area contributed by atoms with Crippen LogP contribution >= 0.6 is 11.3 Å². The van der Waals surface area contributed by atoms with E-state index in [4.69, 9.17) is 11.5 Å². The summed E-state index contributed by atoms with van der Waals surface area (Å²) in [5.41, 5.74) is 0.107. The molecule has 5 nitrogen and oxygen atoms in total. The average molecular weight is 224 g/mol. The van der Waals surface area contributed by atoms with Crippen LogP contribution in [0.15, 0.2) is 5.38 Å². The Morgan fingerprint density at radius 2 is 2.40 bits per heavy atom. The van der Waals surface area contributed by atoms with Gasteiger partial charge in [0.25, 0.3) is 5.91 Å².